The zero-order chi connectivity index (χ0) is 13.0. The number of nitrogens with one attached hydrogen (secondary N) is 1. The van der Waals surface area contributed by atoms with Gasteiger partial charge >= 0.3 is 0 Å². The molecule has 0 aliphatic carbocycles. The second-order valence-corrected chi connectivity index (χ2v) is 4.45. The molecule has 2 nitrogen and oxygen atoms in total. The maximum absolute atomic E-state index is 12.8. The minimum Gasteiger partial charge on any atom is -0.304 e. The lowest BCUT2D eigenvalue weighted by molar-refractivity contribution is 0.493. The molecule has 3 heteroatoms. The van der Waals surface area contributed by atoms with Gasteiger partial charge in [-0.3, -0.25) is 4.98 Å². The first kappa shape index (κ1) is 12.7. The van der Waals surface area contributed by atoms with Crippen LogP contribution in [0.1, 0.15) is 37.1 Å². The summed E-state index contributed by atoms with van der Waals surface area (Å²) in [7, 11) is 0. The number of nitrogens with zero attached hydrogens (tertiary/aromatic N) is 1. The van der Waals surface area contributed by atoms with Crippen LogP contribution in [0.5, 0.6) is 0 Å². The van der Waals surface area contributed by atoms with Gasteiger partial charge < -0.3 is 5.32 Å². The van der Waals surface area contributed by atoms with Crippen molar-refractivity contribution in [3.05, 3.63) is 65.7 Å². The van der Waals surface area contributed by atoms with Crippen molar-refractivity contribution in [1.82, 2.24) is 10.3 Å². The predicted molar refractivity (Wildman–Crippen MR) is 70.6 cm³/mol. The van der Waals surface area contributed by atoms with E-state index in [0.29, 0.717) is 0 Å². The Kier molecular flexibility index (Phi) is 4.05. The number of rotatable bonds is 4. The summed E-state index contributed by atoms with van der Waals surface area (Å²) >= 11 is 0. The topological polar surface area (TPSA) is 24.9 Å². The lowest BCUT2D eigenvalue weighted by Crippen LogP contribution is -2.22. The molecular formula is C15H17FN2. The Morgan fingerprint density at radius 1 is 1.00 bits per heavy atom. The molecule has 0 spiro atoms. The van der Waals surface area contributed by atoms with E-state index in [1.807, 2.05) is 30.5 Å². The molecule has 94 valence electrons. The van der Waals surface area contributed by atoms with Gasteiger partial charge in [0.15, 0.2) is 0 Å². The summed E-state index contributed by atoms with van der Waals surface area (Å²) in [6, 6.07) is 10.9. The van der Waals surface area contributed by atoms with E-state index in [-0.39, 0.29) is 17.9 Å². The summed E-state index contributed by atoms with van der Waals surface area (Å²) in [4.78, 5) is 4.11. The van der Waals surface area contributed by atoms with Gasteiger partial charge in [-0.05, 0) is 43.2 Å². The Hall–Kier alpha value is -1.74. The van der Waals surface area contributed by atoms with Gasteiger partial charge in [0.05, 0.1) is 0 Å². The molecule has 0 amide bonds. The highest BCUT2D eigenvalue weighted by molar-refractivity contribution is 5.20. The second kappa shape index (κ2) is 5.74. The van der Waals surface area contributed by atoms with E-state index >= 15 is 0 Å². The molecule has 0 aliphatic rings. The zero-order valence-electron chi connectivity index (χ0n) is 10.6. The van der Waals surface area contributed by atoms with Crippen LogP contribution >= 0.6 is 0 Å². The van der Waals surface area contributed by atoms with Gasteiger partial charge in [0.25, 0.3) is 0 Å². The minimum atomic E-state index is -0.203. The van der Waals surface area contributed by atoms with Crippen LogP contribution in [-0.2, 0) is 0 Å². The highest BCUT2D eigenvalue weighted by Crippen LogP contribution is 2.18. The smallest absolute Gasteiger partial charge is 0.123 e. The van der Waals surface area contributed by atoms with Crippen LogP contribution in [0.2, 0.25) is 0 Å². The van der Waals surface area contributed by atoms with Crippen LogP contribution in [0.4, 0.5) is 4.39 Å². The minimum absolute atomic E-state index is 0.167. The Bertz CT molecular complexity index is 482. The van der Waals surface area contributed by atoms with Gasteiger partial charge in [-0.2, -0.15) is 0 Å². The normalized spacial score (nSPS) is 14.2. The predicted octanol–water partition coefficient (Wildman–Crippen LogP) is 3.63. The molecule has 1 heterocycles. The van der Waals surface area contributed by atoms with Crippen LogP contribution in [0.3, 0.4) is 0 Å². The first-order valence-electron chi connectivity index (χ1n) is 6.08. The molecule has 1 aromatic carbocycles. The SMILES string of the molecule is CC(N[C@H](C)c1cccnc1)c1ccc(F)cc1. The van der Waals surface area contributed by atoms with E-state index in [1.165, 1.54) is 12.1 Å². The molecule has 0 radical (unpaired) electrons. The van der Waals surface area contributed by atoms with Crippen molar-refractivity contribution >= 4 is 0 Å². The standard InChI is InChI=1S/C15H17FN2/c1-11(13-5-7-15(16)8-6-13)18-12(2)14-4-3-9-17-10-14/h3-12,18H,1-2H3/t11?,12-/m1/s1. The largest absolute Gasteiger partial charge is 0.304 e. The molecule has 0 saturated carbocycles. The van der Waals surface area contributed by atoms with Crippen LogP contribution in [-0.4, -0.2) is 4.98 Å². The van der Waals surface area contributed by atoms with Crippen molar-refractivity contribution in [2.75, 3.05) is 0 Å². The van der Waals surface area contributed by atoms with Crippen LogP contribution < -0.4 is 5.32 Å². The average molecular weight is 244 g/mol. The molecule has 0 aliphatic heterocycles. The number of aromatic nitrogens is 1. The fraction of sp³-hybridized carbons (Fsp3) is 0.267. The van der Waals surface area contributed by atoms with Gasteiger partial charge in [0, 0.05) is 24.5 Å². The Morgan fingerprint density at radius 3 is 2.28 bits per heavy atom. The number of hydrogen-bond acceptors (Lipinski definition) is 2. The number of halogens is 1. The monoisotopic (exact) mass is 244 g/mol. The van der Waals surface area contributed by atoms with E-state index in [2.05, 4.69) is 24.1 Å². The highest BCUT2D eigenvalue weighted by Gasteiger charge is 2.10. The number of pyridine rings is 1. The second-order valence-electron chi connectivity index (χ2n) is 4.45. The third kappa shape index (κ3) is 3.14. The molecule has 0 fully saturated rings. The Morgan fingerprint density at radius 2 is 1.67 bits per heavy atom. The average Bonchev–Trinajstić information content (AvgIpc) is 2.40. The van der Waals surface area contributed by atoms with Gasteiger partial charge in [-0.1, -0.05) is 18.2 Å². The third-order valence-electron chi connectivity index (χ3n) is 3.05. The summed E-state index contributed by atoms with van der Waals surface area (Å²) in [5, 5.41) is 3.47. The van der Waals surface area contributed by atoms with Crippen molar-refractivity contribution in [3.8, 4) is 0 Å². The van der Waals surface area contributed by atoms with E-state index in [0.717, 1.165) is 11.1 Å². The zero-order valence-corrected chi connectivity index (χ0v) is 10.6. The summed E-state index contributed by atoms with van der Waals surface area (Å²) < 4.78 is 12.8. The maximum atomic E-state index is 12.8. The lowest BCUT2D eigenvalue weighted by atomic mass is 10.1. The van der Waals surface area contributed by atoms with Gasteiger partial charge in [0.1, 0.15) is 5.82 Å². The molecule has 0 saturated heterocycles. The molecule has 2 aromatic rings. The molecule has 0 bridgehead atoms. The summed E-state index contributed by atoms with van der Waals surface area (Å²) in [5.41, 5.74) is 2.22. The van der Waals surface area contributed by atoms with Gasteiger partial charge in [0.2, 0.25) is 0 Å². The lowest BCUT2D eigenvalue weighted by Gasteiger charge is -2.20. The van der Waals surface area contributed by atoms with Crippen molar-refractivity contribution in [2.24, 2.45) is 0 Å². The fourth-order valence-corrected chi connectivity index (χ4v) is 1.95. The van der Waals surface area contributed by atoms with Gasteiger partial charge in [-0.25, -0.2) is 4.39 Å². The first-order chi connectivity index (χ1) is 8.66. The molecule has 1 N–H and O–H groups in total. The molecular weight excluding hydrogens is 227 g/mol. The van der Waals surface area contributed by atoms with E-state index in [9.17, 15) is 4.39 Å². The van der Waals surface area contributed by atoms with E-state index in [4.69, 9.17) is 0 Å². The Labute approximate surface area is 107 Å². The van der Waals surface area contributed by atoms with Crippen molar-refractivity contribution in [3.63, 3.8) is 0 Å². The van der Waals surface area contributed by atoms with Crippen LogP contribution in [0.15, 0.2) is 48.8 Å². The maximum Gasteiger partial charge on any atom is 0.123 e. The fourth-order valence-electron chi connectivity index (χ4n) is 1.95. The number of benzene rings is 1. The molecule has 18 heavy (non-hydrogen) atoms. The summed E-state index contributed by atoms with van der Waals surface area (Å²) in [6.45, 7) is 4.16. The summed E-state index contributed by atoms with van der Waals surface area (Å²) in [5.74, 6) is -0.203. The number of hydrogen-bond donors (Lipinski definition) is 1. The Balaban J connectivity index is 2.03. The van der Waals surface area contributed by atoms with Crippen molar-refractivity contribution < 1.29 is 4.39 Å². The molecule has 1 unspecified atom stereocenters. The molecule has 2 atom stereocenters. The van der Waals surface area contributed by atoms with Gasteiger partial charge in [-0.15, -0.1) is 0 Å². The third-order valence-corrected chi connectivity index (χ3v) is 3.05. The quantitative estimate of drug-likeness (QED) is 0.888. The molecule has 1 aromatic heterocycles. The van der Waals surface area contributed by atoms with E-state index < -0.39 is 0 Å². The van der Waals surface area contributed by atoms with E-state index in [1.54, 1.807) is 6.20 Å². The van der Waals surface area contributed by atoms with Crippen molar-refractivity contribution in [1.29, 1.82) is 0 Å². The van der Waals surface area contributed by atoms with Crippen LogP contribution in [0, 0.1) is 5.82 Å². The van der Waals surface area contributed by atoms with Crippen LogP contribution in [0.25, 0.3) is 0 Å². The van der Waals surface area contributed by atoms with Crippen molar-refractivity contribution in [2.45, 2.75) is 25.9 Å². The first-order valence-corrected chi connectivity index (χ1v) is 6.08. The highest BCUT2D eigenvalue weighted by atomic mass is 19.1. The summed E-state index contributed by atoms with van der Waals surface area (Å²) in [6.07, 6.45) is 3.62. The molecule has 2 rings (SSSR count).